The Morgan fingerprint density at radius 2 is 1.54 bits per heavy atom. The summed E-state index contributed by atoms with van der Waals surface area (Å²) in [5.41, 5.74) is 13.3. The number of rotatable bonds is 18. The van der Waals surface area contributed by atoms with Crippen molar-refractivity contribution in [3.05, 3.63) is 90.1 Å². The minimum atomic E-state index is -1.70. The number of nitrogens with two attached hydrogens (primary N) is 2. The Balaban J connectivity index is 1.55. The van der Waals surface area contributed by atoms with Crippen LogP contribution in [0.15, 0.2) is 73.3 Å². The highest BCUT2D eigenvalue weighted by Crippen LogP contribution is 2.20. The Bertz CT molecular complexity index is 2500. The van der Waals surface area contributed by atoms with Gasteiger partial charge in [0, 0.05) is 56.2 Å². The lowest BCUT2D eigenvalue weighted by Gasteiger charge is -2.27. The monoisotopic (exact) mass is 967 g/mol. The van der Waals surface area contributed by atoms with Crippen LogP contribution < -0.4 is 59.3 Å². The summed E-state index contributed by atoms with van der Waals surface area (Å²) in [7, 11) is 0. The standard InChI is InChI=1S/C46H61N15O9/c1-3-4-14-31(55-25(2)62)40(65)59-35-20-37(63)53-23-36(44(69)57-33(39(47)64)18-27-21-52-30-15-9-8-13-29(27)30)60-41(66)32(16-10-17-51-46(48)49)56-45(70)38(26-11-6-5-7-12-26)61-43(68)34(58-42(35)67)19-28-22-50-24-54-28/h5-9,11-13,15,21-22,24,31-36,38,52H,3-4,10,14,16-20,23H2,1-2H3,(H2,47,64)(H,50,54)(H,53,63)(H,55,62)(H,56,70)(H,57,69)(H,58,67)(H,59,65)(H,60,66)(H,61,68)(H4,48,49,51)/t31-,32-,33-,34-,35-,36-,38?/m0/s1. The molecule has 1 saturated heterocycles. The molecule has 0 spiro atoms. The van der Waals surface area contributed by atoms with Gasteiger partial charge >= 0.3 is 0 Å². The van der Waals surface area contributed by atoms with Crippen LogP contribution in [0.5, 0.6) is 0 Å². The summed E-state index contributed by atoms with van der Waals surface area (Å²) < 4.78 is 0. The number of carbonyl (C=O) groups is 9. The lowest BCUT2D eigenvalue weighted by atomic mass is 10.0. The number of carbonyl (C=O) groups excluding carboxylic acids is 9. The molecule has 1 unspecified atom stereocenters. The Morgan fingerprint density at radius 3 is 2.23 bits per heavy atom. The molecule has 9 amide bonds. The molecular weight excluding hydrogens is 907 g/mol. The Kier molecular flexibility index (Phi) is 19.3. The summed E-state index contributed by atoms with van der Waals surface area (Å²) in [4.78, 5) is 135. The van der Waals surface area contributed by atoms with E-state index in [1.165, 1.54) is 19.4 Å². The van der Waals surface area contributed by atoms with Gasteiger partial charge in [-0.3, -0.25) is 48.6 Å². The zero-order chi connectivity index (χ0) is 50.7. The van der Waals surface area contributed by atoms with Crippen LogP contribution in [0.4, 0.5) is 0 Å². The van der Waals surface area contributed by atoms with Crippen molar-refractivity contribution in [1.29, 1.82) is 5.41 Å². The highest BCUT2D eigenvalue weighted by molar-refractivity contribution is 5.99. The third kappa shape index (κ3) is 15.6. The average molecular weight is 968 g/mol. The number of primary amides is 1. The molecule has 0 aliphatic carbocycles. The highest BCUT2D eigenvalue weighted by atomic mass is 16.2. The van der Waals surface area contributed by atoms with Gasteiger partial charge in [0.1, 0.15) is 42.3 Å². The van der Waals surface area contributed by atoms with Gasteiger partial charge in [-0.25, -0.2) is 4.98 Å². The smallest absolute Gasteiger partial charge is 0.247 e. The van der Waals surface area contributed by atoms with Gasteiger partial charge < -0.3 is 69.3 Å². The van der Waals surface area contributed by atoms with E-state index in [9.17, 15) is 43.2 Å². The molecule has 16 N–H and O–H groups in total. The molecule has 4 aromatic rings. The highest BCUT2D eigenvalue weighted by Gasteiger charge is 2.36. The Labute approximate surface area is 402 Å². The fourth-order valence-electron chi connectivity index (χ4n) is 7.71. The van der Waals surface area contributed by atoms with Crippen LogP contribution in [0, 0.1) is 5.41 Å². The van der Waals surface area contributed by atoms with E-state index in [0.717, 1.165) is 10.9 Å². The van der Waals surface area contributed by atoms with Crippen molar-refractivity contribution in [1.82, 2.24) is 62.8 Å². The number of imidazole rings is 1. The predicted octanol–water partition coefficient (Wildman–Crippen LogP) is -2.08. The molecule has 0 saturated carbocycles. The summed E-state index contributed by atoms with van der Waals surface area (Å²) in [5, 5.41) is 31.7. The largest absolute Gasteiger partial charge is 0.370 e. The fourth-order valence-corrected chi connectivity index (χ4v) is 7.71. The molecule has 24 heteroatoms. The minimum Gasteiger partial charge on any atom is -0.370 e. The number of guanidine groups is 1. The SMILES string of the molecule is CCCC[C@H](NC(C)=O)C(=O)N[C@H]1CC(=O)NC[C@@H](C(=O)N[C@@H](Cc2c[nH]c3ccccc23)C(N)=O)NC(=O)[C@H](CCCNC(=N)N)NC(=O)C(c2ccccc2)NC(=O)[C@H](Cc2c[nH]cn2)NC1=O. The normalized spacial score (nSPS) is 20.2. The number of nitrogens with one attached hydrogen (secondary N) is 12. The minimum absolute atomic E-state index is 0.0676. The first-order valence-corrected chi connectivity index (χ1v) is 22.8. The number of aromatic nitrogens is 3. The van der Waals surface area contributed by atoms with Crippen molar-refractivity contribution in [2.24, 2.45) is 11.5 Å². The van der Waals surface area contributed by atoms with E-state index in [4.69, 9.17) is 16.9 Å². The van der Waals surface area contributed by atoms with Crippen molar-refractivity contribution in [3.8, 4) is 0 Å². The van der Waals surface area contributed by atoms with Crippen molar-refractivity contribution >= 4 is 70.0 Å². The molecule has 1 aliphatic rings. The molecule has 2 aromatic carbocycles. The first-order valence-electron chi connectivity index (χ1n) is 22.8. The van der Waals surface area contributed by atoms with Gasteiger partial charge in [0.15, 0.2) is 5.96 Å². The second kappa shape index (κ2) is 25.7. The second-order valence-corrected chi connectivity index (χ2v) is 16.8. The lowest BCUT2D eigenvalue weighted by molar-refractivity contribution is -0.136. The second-order valence-electron chi connectivity index (χ2n) is 16.8. The van der Waals surface area contributed by atoms with Gasteiger partial charge in [-0.1, -0.05) is 68.3 Å². The summed E-state index contributed by atoms with van der Waals surface area (Å²) in [6, 6.07) is 5.08. The fraction of sp³-hybridized carbons (Fsp3) is 0.413. The molecule has 3 heterocycles. The van der Waals surface area contributed by atoms with Crippen LogP contribution in [0.2, 0.25) is 0 Å². The van der Waals surface area contributed by atoms with Gasteiger partial charge in [0.05, 0.1) is 18.4 Å². The molecule has 1 fully saturated rings. The maximum atomic E-state index is 14.5. The number of benzene rings is 2. The van der Waals surface area contributed by atoms with E-state index in [-0.39, 0.29) is 50.2 Å². The molecule has 70 heavy (non-hydrogen) atoms. The van der Waals surface area contributed by atoms with E-state index < -0.39 is 108 Å². The number of amides is 9. The van der Waals surface area contributed by atoms with Crippen LogP contribution in [0.25, 0.3) is 10.9 Å². The van der Waals surface area contributed by atoms with Crippen LogP contribution in [-0.2, 0) is 56.0 Å². The Hall–Kier alpha value is -8.31. The number of H-pyrrole nitrogens is 2. The average Bonchev–Trinajstić information content (AvgIpc) is 4.00. The molecule has 0 bridgehead atoms. The van der Waals surface area contributed by atoms with E-state index in [2.05, 4.69) is 62.8 Å². The number of aromatic amines is 2. The summed E-state index contributed by atoms with van der Waals surface area (Å²) in [5.74, 6) is -8.17. The third-order valence-electron chi connectivity index (χ3n) is 11.4. The first-order chi connectivity index (χ1) is 33.5. The van der Waals surface area contributed by atoms with E-state index in [1.807, 2.05) is 25.1 Å². The number of hydrogen-bond acceptors (Lipinski definition) is 11. The third-order valence-corrected chi connectivity index (χ3v) is 11.4. The zero-order valence-corrected chi connectivity index (χ0v) is 38.8. The van der Waals surface area contributed by atoms with Crippen molar-refractivity contribution in [2.75, 3.05) is 13.1 Å². The first kappa shape index (κ1) is 52.7. The van der Waals surface area contributed by atoms with E-state index in [1.54, 1.807) is 42.6 Å². The van der Waals surface area contributed by atoms with Crippen LogP contribution in [-0.4, -0.2) is 123 Å². The maximum Gasteiger partial charge on any atom is 0.247 e. The van der Waals surface area contributed by atoms with Gasteiger partial charge in [0.25, 0.3) is 0 Å². The molecule has 5 rings (SSSR count). The number of para-hydroxylation sites is 1. The number of hydrogen-bond donors (Lipinski definition) is 14. The molecule has 2 aromatic heterocycles. The number of unbranched alkanes of at least 4 members (excludes halogenated alkanes) is 1. The number of fused-ring (bicyclic) bond motifs is 1. The van der Waals surface area contributed by atoms with Crippen LogP contribution in [0.1, 0.15) is 75.2 Å². The maximum absolute atomic E-state index is 14.5. The predicted molar refractivity (Wildman–Crippen MR) is 254 cm³/mol. The van der Waals surface area contributed by atoms with Crippen molar-refractivity contribution in [3.63, 3.8) is 0 Å². The van der Waals surface area contributed by atoms with Gasteiger partial charge in [-0.15, -0.1) is 0 Å². The van der Waals surface area contributed by atoms with Gasteiger partial charge in [-0.2, -0.15) is 0 Å². The summed E-state index contributed by atoms with van der Waals surface area (Å²) >= 11 is 0. The topological polar surface area (TPSA) is 382 Å². The van der Waals surface area contributed by atoms with Crippen LogP contribution in [0.3, 0.4) is 0 Å². The Morgan fingerprint density at radius 1 is 0.829 bits per heavy atom. The molecular formula is C46H61N15O9. The summed E-state index contributed by atoms with van der Waals surface area (Å²) in [6.45, 7) is 2.54. The van der Waals surface area contributed by atoms with Gasteiger partial charge in [0.2, 0.25) is 53.2 Å². The molecule has 7 atom stereocenters. The quantitative estimate of drug-likeness (QED) is 0.0290. The molecule has 1 aliphatic heterocycles. The van der Waals surface area contributed by atoms with Crippen molar-refractivity contribution < 1.29 is 43.2 Å². The molecule has 374 valence electrons. The van der Waals surface area contributed by atoms with E-state index >= 15 is 0 Å². The van der Waals surface area contributed by atoms with Crippen molar-refractivity contribution in [2.45, 2.75) is 108 Å². The molecule has 0 radical (unpaired) electrons. The van der Waals surface area contributed by atoms with Crippen LogP contribution >= 0.6 is 0 Å². The lowest BCUT2D eigenvalue weighted by Crippen LogP contribution is -2.60. The molecule has 24 nitrogen and oxygen atoms in total. The zero-order valence-electron chi connectivity index (χ0n) is 38.8. The number of nitrogens with zero attached hydrogens (tertiary/aromatic N) is 1. The van der Waals surface area contributed by atoms with Gasteiger partial charge in [-0.05, 0) is 36.5 Å². The summed E-state index contributed by atoms with van der Waals surface area (Å²) in [6.07, 6.45) is 4.82. The van der Waals surface area contributed by atoms with E-state index in [0.29, 0.717) is 24.1 Å².